The van der Waals surface area contributed by atoms with Gasteiger partial charge >= 0.3 is 11.9 Å². The van der Waals surface area contributed by atoms with Crippen molar-refractivity contribution in [3.63, 3.8) is 0 Å². The van der Waals surface area contributed by atoms with Crippen LogP contribution in [0.2, 0.25) is 0 Å². The second-order valence-electron chi connectivity index (χ2n) is 6.45. The van der Waals surface area contributed by atoms with Crippen molar-refractivity contribution >= 4 is 42.3 Å². The van der Waals surface area contributed by atoms with Crippen LogP contribution >= 0.6 is 12.6 Å². The van der Waals surface area contributed by atoms with Gasteiger partial charge in [0.1, 0.15) is 18.1 Å². The first kappa shape index (κ1) is 23.7. The highest BCUT2D eigenvalue weighted by atomic mass is 32.1. The van der Waals surface area contributed by atoms with Crippen molar-refractivity contribution in [2.45, 2.75) is 56.8 Å². The number of thiol groups is 1. The molecule has 1 fully saturated rings. The van der Waals surface area contributed by atoms with Crippen LogP contribution in [-0.4, -0.2) is 76.3 Å². The molecule has 12 heteroatoms. The fourth-order valence-electron chi connectivity index (χ4n) is 2.58. The minimum absolute atomic E-state index is 0.117. The van der Waals surface area contributed by atoms with Gasteiger partial charge in [0.05, 0.1) is 6.04 Å². The quantitative estimate of drug-likeness (QED) is 0.190. The van der Waals surface area contributed by atoms with Crippen molar-refractivity contribution < 1.29 is 34.2 Å². The Labute approximate surface area is 167 Å². The highest BCUT2D eigenvalue weighted by Crippen LogP contribution is 2.05. The number of carboxylic acids is 2. The Morgan fingerprint density at radius 1 is 1.07 bits per heavy atom. The Hall–Kier alpha value is -2.34. The third-order valence-corrected chi connectivity index (χ3v) is 4.57. The summed E-state index contributed by atoms with van der Waals surface area (Å²) in [4.78, 5) is 58.3. The maximum absolute atomic E-state index is 12.2. The molecule has 3 amide bonds. The monoisotopic (exact) mass is 418 g/mol. The predicted molar refractivity (Wildman–Crippen MR) is 101 cm³/mol. The second kappa shape index (κ2) is 11.5. The molecule has 158 valence electrons. The molecule has 6 N–H and O–H groups in total. The third kappa shape index (κ3) is 7.72. The van der Waals surface area contributed by atoms with Crippen LogP contribution in [0.3, 0.4) is 0 Å². The molecule has 0 aliphatic carbocycles. The van der Waals surface area contributed by atoms with Gasteiger partial charge < -0.3 is 31.5 Å². The van der Waals surface area contributed by atoms with E-state index in [0.29, 0.717) is 6.42 Å². The zero-order valence-corrected chi connectivity index (χ0v) is 16.3. The smallest absolute Gasteiger partial charge is 0.326 e. The SMILES string of the molecule is CC(NC(=O)C1CCCN1)C(=O)NC(CS)C(=O)NC(CCC(=O)O)C(=O)O. The van der Waals surface area contributed by atoms with Crippen molar-refractivity contribution in [2.75, 3.05) is 12.3 Å². The molecule has 0 aromatic rings. The first-order valence-corrected chi connectivity index (χ1v) is 9.49. The lowest BCUT2D eigenvalue weighted by molar-refractivity contribution is -0.143. The fourth-order valence-corrected chi connectivity index (χ4v) is 2.83. The maximum Gasteiger partial charge on any atom is 0.326 e. The number of carbonyl (C=O) groups is 5. The van der Waals surface area contributed by atoms with E-state index in [9.17, 15) is 24.0 Å². The van der Waals surface area contributed by atoms with Crippen LogP contribution < -0.4 is 21.3 Å². The average molecular weight is 418 g/mol. The Kier molecular flexibility index (Phi) is 9.73. The van der Waals surface area contributed by atoms with E-state index in [-0.39, 0.29) is 24.1 Å². The number of amides is 3. The van der Waals surface area contributed by atoms with Crippen LogP contribution in [0, 0.1) is 0 Å². The molecule has 4 unspecified atom stereocenters. The summed E-state index contributed by atoms with van der Waals surface area (Å²) in [5, 5.41) is 27.9. The molecular formula is C16H26N4O7S. The van der Waals surface area contributed by atoms with Gasteiger partial charge in [-0.2, -0.15) is 12.6 Å². The Morgan fingerprint density at radius 3 is 2.21 bits per heavy atom. The largest absolute Gasteiger partial charge is 0.481 e. The molecule has 0 radical (unpaired) electrons. The van der Waals surface area contributed by atoms with Crippen LogP contribution in [0.25, 0.3) is 0 Å². The maximum atomic E-state index is 12.2. The Balaban J connectivity index is 2.58. The van der Waals surface area contributed by atoms with E-state index >= 15 is 0 Å². The van der Waals surface area contributed by atoms with E-state index in [0.717, 1.165) is 13.0 Å². The number of hydrogen-bond donors (Lipinski definition) is 7. The van der Waals surface area contributed by atoms with E-state index in [1.165, 1.54) is 6.92 Å². The summed E-state index contributed by atoms with van der Waals surface area (Å²) >= 11 is 3.98. The van der Waals surface area contributed by atoms with Crippen molar-refractivity contribution in [3.05, 3.63) is 0 Å². The summed E-state index contributed by atoms with van der Waals surface area (Å²) in [6.07, 6.45) is 0.805. The van der Waals surface area contributed by atoms with E-state index in [1.54, 1.807) is 0 Å². The predicted octanol–water partition coefficient (Wildman–Crippen LogP) is -1.91. The molecule has 0 saturated carbocycles. The first-order chi connectivity index (χ1) is 13.1. The number of aliphatic carboxylic acids is 2. The van der Waals surface area contributed by atoms with Crippen LogP contribution in [0.1, 0.15) is 32.6 Å². The summed E-state index contributed by atoms with van der Waals surface area (Å²) in [5.41, 5.74) is 0. The Bertz CT molecular complexity index is 610. The number of nitrogens with one attached hydrogen (secondary N) is 4. The van der Waals surface area contributed by atoms with Crippen molar-refractivity contribution in [1.29, 1.82) is 0 Å². The fraction of sp³-hybridized carbons (Fsp3) is 0.688. The van der Waals surface area contributed by atoms with Crippen LogP contribution in [0.15, 0.2) is 0 Å². The molecule has 4 atom stereocenters. The normalized spacial score (nSPS) is 19.1. The van der Waals surface area contributed by atoms with Gasteiger partial charge in [-0.05, 0) is 32.7 Å². The van der Waals surface area contributed by atoms with E-state index in [1.807, 2.05) is 0 Å². The lowest BCUT2D eigenvalue weighted by Gasteiger charge is -2.22. The van der Waals surface area contributed by atoms with E-state index < -0.39 is 48.3 Å². The third-order valence-electron chi connectivity index (χ3n) is 4.21. The van der Waals surface area contributed by atoms with E-state index in [2.05, 4.69) is 33.9 Å². The molecule has 0 bridgehead atoms. The Morgan fingerprint density at radius 2 is 1.71 bits per heavy atom. The van der Waals surface area contributed by atoms with Gasteiger partial charge in [0.25, 0.3) is 0 Å². The molecule has 0 spiro atoms. The second-order valence-corrected chi connectivity index (χ2v) is 6.82. The molecule has 1 aliphatic heterocycles. The molecular weight excluding hydrogens is 392 g/mol. The lowest BCUT2D eigenvalue weighted by Crippen LogP contribution is -2.56. The highest BCUT2D eigenvalue weighted by molar-refractivity contribution is 7.80. The van der Waals surface area contributed by atoms with Gasteiger partial charge in [-0.15, -0.1) is 0 Å². The van der Waals surface area contributed by atoms with Gasteiger partial charge in [-0.25, -0.2) is 4.79 Å². The van der Waals surface area contributed by atoms with Crippen LogP contribution in [0.4, 0.5) is 0 Å². The average Bonchev–Trinajstić information content (AvgIpc) is 3.16. The summed E-state index contributed by atoms with van der Waals surface area (Å²) in [5.74, 6) is -4.45. The zero-order chi connectivity index (χ0) is 21.3. The van der Waals surface area contributed by atoms with Gasteiger partial charge in [0.2, 0.25) is 17.7 Å². The first-order valence-electron chi connectivity index (χ1n) is 8.85. The van der Waals surface area contributed by atoms with Crippen molar-refractivity contribution in [1.82, 2.24) is 21.3 Å². The molecule has 0 aromatic heterocycles. The van der Waals surface area contributed by atoms with Crippen molar-refractivity contribution in [3.8, 4) is 0 Å². The summed E-state index contributed by atoms with van der Waals surface area (Å²) in [6, 6.07) is -3.82. The minimum atomic E-state index is -1.41. The number of carboxylic acid groups (broad SMARTS) is 2. The van der Waals surface area contributed by atoms with Crippen LogP contribution in [-0.2, 0) is 24.0 Å². The lowest BCUT2D eigenvalue weighted by atomic mass is 10.1. The number of hydrogen-bond acceptors (Lipinski definition) is 7. The molecule has 1 heterocycles. The molecule has 1 saturated heterocycles. The summed E-state index contributed by atoms with van der Waals surface area (Å²) in [7, 11) is 0. The summed E-state index contributed by atoms with van der Waals surface area (Å²) in [6.45, 7) is 2.19. The molecule has 28 heavy (non-hydrogen) atoms. The topological polar surface area (TPSA) is 174 Å². The van der Waals surface area contributed by atoms with Crippen LogP contribution in [0.5, 0.6) is 0 Å². The van der Waals surface area contributed by atoms with Gasteiger partial charge in [0, 0.05) is 12.2 Å². The minimum Gasteiger partial charge on any atom is -0.481 e. The van der Waals surface area contributed by atoms with Gasteiger partial charge in [-0.1, -0.05) is 0 Å². The highest BCUT2D eigenvalue weighted by Gasteiger charge is 2.29. The standard InChI is InChI=1S/C16H26N4O7S/c1-8(18-14(24)9-3-2-6-17-9)13(23)20-11(7-28)15(25)19-10(16(26)27)4-5-12(21)22/h8-11,17,28H,2-7H2,1H3,(H,18,24)(H,19,25)(H,20,23)(H,21,22)(H,26,27). The van der Waals surface area contributed by atoms with Gasteiger partial charge in [-0.3, -0.25) is 19.2 Å². The number of carbonyl (C=O) groups excluding carboxylic acids is 3. The van der Waals surface area contributed by atoms with E-state index in [4.69, 9.17) is 10.2 Å². The molecule has 0 aromatic carbocycles. The number of rotatable bonds is 11. The van der Waals surface area contributed by atoms with Crippen molar-refractivity contribution in [2.24, 2.45) is 0 Å². The molecule has 1 rings (SSSR count). The van der Waals surface area contributed by atoms with Gasteiger partial charge in [0.15, 0.2) is 0 Å². The molecule has 1 aliphatic rings. The summed E-state index contributed by atoms with van der Waals surface area (Å²) < 4.78 is 0. The molecule has 11 nitrogen and oxygen atoms in total. The zero-order valence-electron chi connectivity index (χ0n) is 15.4.